The van der Waals surface area contributed by atoms with E-state index in [0.717, 1.165) is 57.8 Å². The van der Waals surface area contributed by atoms with E-state index < -0.39 is 20.0 Å². The van der Waals surface area contributed by atoms with Crippen molar-refractivity contribution in [2.75, 3.05) is 40.9 Å². The van der Waals surface area contributed by atoms with Crippen molar-refractivity contribution in [3.63, 3.8) is 0 Å². The molecule has 65 heavy (non-hydrogen) atoms. The molecule has 0 fully saturated rings. The van der Waals surface area contributed by atoms with Crippen molar-refractivity contribution in [3.05, 3.63) is 60.8 Å². The molecule has 0 aliphatic heterocycles. The Bertz CT molecular complexity index is 1240. The minimum Gasteiger partial charge on any atom is -0.387 e. The number of amides is 1. The average molecular weight is 934 g/mol. The number of aliphatic hydroxyl groups excluding tert-OH is 1. The van der Waals surface area contributed by atoms with Gasteiger partial charge < -0.3 is 19.8 Å². The van der Waals surface area contributed by atoms with Crippen molar-refractivity contribution in [1.82, 2.24) is 5.32 Å². The number of allylic oxidation sites excluding steroid dienone is 9. The van der Waals surface area contributed by atoms with Gasteiger partial charge in [-0.15, -0.1) is 0 Å². The maximum Gasteiger partial charge on any atom is 0.472 e. The molecule has 0 aromatic rings. The second kappa shape index (κ2) is 47.3. The summed E-state index contributed by atoms with van der Waals surface area (Å²) in [6.07, 6.45) is 63.2. The van der Waals surface area contributed by atoms with E-state index in [1.807, 2.05) is 27.2 Å². The Morgan fingerprint density at radius 3 is 1.40 bits per heavy atom. The van der Waals surface area contributed by atoms with Crippen molar-refractivity contribution in [2.24, 2.45) is 0 Å². The third kappa shape index (κ3) is 49.9. The number of unbranched alkanes of at least 4 members (excludes halogenated alkanes) is 28. The van der Waals surface area contributed by atoms with Crippen LogP contribution in [0.4, 0.5) is 0 Å². The summed E-state index contributed by atoms with van der Waals surface area (Å²) >= 11 is 0. The standard InChI is InChI=1S/C56H105N2O6P/c1-6-8-10-12-14-16-18-20-22-24-26-28-30-31-33-35-37-39-41-43-45-47-49-55(59)54(53-64-65(61,62)63-52-51-58(3,4)5)57-56(60)50-48-46-44-42-40-38-36-34-32-29-27-25-23-21-19-17-15-13-11-9-7-2/h9,11,15,17,31,33,39,41,47,49,54-55,59H,6-8,10,12-14,16,18-30,32,34-38,40,42-46,48,50-53H2,1-5H3,(H-,57,60,61,62)/p+1/b11-9-,17-15-,33-31+,41-39+,49-47+. The topological polar surface area (TPSA) is 105 Å². The zero-order valence-corrected chi connectivity index (χ0v) is 44.1. The number of aliphatic hydroxyl groups is 1. The molecule has 3 atom stereocenters. The molecular weight excluding hydrogens is 828 g/mol. The highest BCUT2D eigenvalue weighted by Crippen LogP contribution is 2.43. The van der Waals surface area contributed by atoms with Crippen molar-refractivity contribution in [3.8, 4) is 0 Å². The van der Waals surface area contributed by atoms with Gasteiger partial charge in [0.1, 0.15) is 13.2 Å². The molecule has 0 aromatic carbocycles. The van der Waals surface area contributed by atoms with Crippen LogP contribution < -0.4 is 5.32 Å². The molecule has 0 saturated heterocycles. The van der Waals surface area contributed by atoms with Crippen molar-refractivity contribution in [2.45, 2.75) is 251 Å². The molecule has 0 aliphatic carbocycles. The summed E-state index contributed by atoms with van der Waals surface area (Å²) in [4.78, 5) is 23.3. The third-order valence-corrected chi connectivity index (χ3v) is 12.9. The van der Waals surface area contributed by atoms with Crippen LogP contribution in [0.3, 0.4) is 0 Å². The Hall–Kier alpha value is -1.80. The molecule has 380 valence electrons. The molecule has 3 unspecified atom stereocenters. The van der Waals surface area contributed by atoms with Gasteiger partial charge in [0, 0.05) is 6.42 Å². The Balaban J connectivity index is 4.33. The first-order chi connectivity index (χ1) is 31.5. The minimum absolute atomic E-state index is 0.0523. The fourth-order valence-electron chi connectivity index (χ4n) is 7.70. The van der Waals surface area contributed by atoms with Gasteiger partial charge in [-0.3, -0.25) is 13.8 Å². The van der Waals surface area contributed by atoms with Crippen LogP contribution in [0, 0.1) is 0 Å². The van der Waals surface area contributed by atoms with Gasteiger partial charge in [-0.1, -0.05) is 222 Å². The molecule has 0 spiro atoms. The fraction of sp³-hybridized carbons (Fsp3) is 0.804. The fourth-order valence-corrected chi connectivity index (χ4v) is 8.44. The predicted octanol–water partition coefficient (Wildman–Crippen LogP) is 16.1. The minimum atomic E-state index is -4.36. The maximum absolute atomic E-state index is 13.0. The van der Waals surface area contributed by atoms with E-state index in [4.69, 9.17) is 9.05 Å². The molecule has 0 rings (SSSR count). The maximum atomic E-state index is 13.0. The lowest BCUT2D eigenvalue weighted by atomic mass is 10.0. The second-order valence-electron chi connectivity index (χ2n) is 19.6. The molecular formula is C56H106N2O6P+. The zero-order chi connectivity index (χ0) is 47.8. The Morgan fingerprint density at radius 2 is 0.938 bits per heavy atom. The van der Waals surface area contributed by atoms with Gasteiger partial charge >= 0.3 is 7.82 Å². The van der Waals surface area contributed by atoms with Gasteiger partial charge in [0.25, 0.3) is 0 Å². The smallest absolute Gasteiger partial charge is 0.387 e. The number of phosphoric acid groups is 1. The summed E-state index contributed by atoms with van der Waals surface area (Å²) in [6.45, 7) is 4.70. The summed E-state index contributed by atoms with van der Waals surface area (Å²) in [6, 6.07) is -0.871. The van der Waals surface area contributed by atoms with Gasteiger partial charge in [-0.2, -0.15) is 0 Å². The van der Waals surface area contributed by atoms with Gasteiger partial charge in [0.05, 0.1) is 39.9 Å². The molecule has 1 amide bonds. The van der Waals surface area contributed by atoms with Crippen LogP contribution >= 0.6 is 7.82 Å². The molecule has 3 N–H and O–H groups in total. The lowest BCUT2D eigenvalue weighted by molar-refractivity contribution is -0.870. The van der Waals surface area contributed by atoms with Gasteiger partial charge in [0.2, 0.25) is 5.91 Å². The average Bonchev–Trinajstić information content (AvgIpc) is 3.26. The van der Waals surface area contributed by atoms with Crippen LogP contribution in [0.1, 0.15) is 239 Å². The van der Waals surface area contributed by atoms with E-state index in [1.54, 1.807) is 6.08 Å². The van der Waals surface area contributed by atoms with Crippen molar-refractivity contribution in [1.29, 1.82) is 0 Å². The Kier molecular flexibility index (Phi) is 46.0. The van der Waals surface area contributed by atoms with Gasteiger partial charge in [-0.25, -0.2) is 4.57 Å². The van der Waals surface area contributed by atoms with Crippen LogP contribution in [0.2, 0.25) is 0 Å². The summed E-state index contributed by atoms with van der Waals surface area (Å²) in [7, 11) is 1.55. The quantitative estimate of drug-likeness (QED) is 0.0243. The number of nitrogens with zero attached hydrogens (tertiary/aromatic N) is 1. The van der Waals surface area contributed by atoms with E-state index in [0.29, 0.717) is 17.4 Å². The summed E-state index contributed by atoms with van der Waals surface area (Å²) < 4.78 is 23.7. The molecule has 8 nitrogen and oxygen atoms in total. The van der Waals surface area contributed by atoms with Crippen LogP contribution in [-0.2, 0) is 18.4 Å². The van der Waals surface area contributed by atoms with E-state index in [2.05, 4.69) is 67.8 Å². The summed E-state index contributed by atoms with van der Waals surface area (Å²) in [5.74, 6) is -0.192. The highest BCUT2D eigenvalue weighted by molar-refractivity contribution is 7.47. The highest BCUT2D eigenvalue weighted by Gasteiger charge is 2.27. The molecule has 0 bridgehead atoms. The van der Waals surface area contributed by atoms with Gasteiger partial charge in [0.15, 0.2) is 0 Å². The lowest BCUT2D eigenvalue weighted by Crippen LogP contribution is -2.45. The summed E-state index contributed by atoms with van der Waals surface area (Å²) in [5, 5.41) is 13.9. The third-order valence-electron chi connectivity index (χ3n) is 11.9. The first-order valence-corrected chi connectivity index (χ1v) is 28.7. The molecule has 0 aliphatic rings. The number of carbonyl (C=O) groups is 1. The number of phosphoric ester groups is 1. The van der Waals surface area contributed by atoms with Crippen LogP contribution in [0.25, 0.3) is 0 Å². The molecule has 0 saturated carbocycles. The first-order valence-electron chi connectivity index (χ1n) is 27.2. The van der Waals surface area contributed by atoms with E-state index >= 15 is 0 Å². The lowest BCUT2D eigenvalue weighted by Gasteiger charge is -2.25. The largest absolute Gasteiger partial charge is 0.472 e. The van der Waals surface area contributed by atoms with Gasteiger partial charge in [-0.05, 0) is 70.6 Å². The highest BCUT2D eigenvalue weighted by atomic mass is 31.2. The van der Waals surface area contributed by atoms with E-state index in [-0.39, 0.29) is 19.1 Å². The predicted molar refractivity (Wildman–Crippen MR) is 281 cm³/mol. The number of carbonyl (C=O) groups excluding carboxylic acids is 1. The number of quaternary nitrogens is 1. The Labute approximate surface area is 402 Å². The van der Waals surface area contributed by atoms with Crippen LogP contribution in [-0.4, -0.2) is 73.4 Å². The molecule has 0 radical (unpaired) electrons. The SMILES string of the molecule is CC/C=C\C/C=C\CCCCCCCCCCCCCCCCC(=O)NC(COP(=O)(O)OCC[N+](C)(C)C)C(O)/C=C/CC/C=C/CC/C=C/CCCCCCCCCCCCCC. The number of likely N-dealkylation sites (N-methyl/N-ethyl adjacent to an activating group) is 1. The van der Waals surface area contributed by atoms with Crippen LogP contribution in [0.15, 0.2) is 60.8 Å². The number of hydrogen-bond acceptors (Lipinski definition) is 5. The normalized spacial score (nSPS) is 14.5. The zero-order valence-electron chi connectivity index (χ0n) is 43.2. The molecule has 0 heterocycles. The number of nitrogens with one attached hydrogen (secondary N) is 1. The summed E-state index contributed by atoms with van der Waals surface area (Å²) in [5.41, 5.74) is 0. The van der Waals surface area contributed by atoms with Crippen molar-refractivity contribution < 1.29 is 32.9 Å². The van der Waals surface area contributed by atoms with Crippen molar-refractivity contribution >= 4 is 13.7 Å². The second-order valence-corrected chi connectivity index (χ2v) is 21.0. The van der Waals surface area contributed by atoms with Crippen LogP contribution in [0.5, 0.6) is 0 Å². The van der Waals surface area contributed by atoms with E-state index in [1.165, 1.54) is 161 Å². The molecule has 9 heteroatoms. The molecule has 0 aromatic heterocycles. The monoisotopic (exact) mass is 934 g/mol. The Morgan fingerprint density at radius 1 is 0.538 bits per heavy atom. The van der Waals surface area contributed by atoms with E-state index in [9.17, 15) is 19.4 Å². The number of rotatable bonds is 49. The first kappa shape index (κ1) is 63.2. The number of hydrogen-bond donors (Lipinski definition) is 3.